The van der Waals surface area contributed by atoms with Crippen molar-refractivity contribution in [2.45, 2.75) is 6.61 Å². The van der Waals surface area contributed by atoms with Gasteiger partial charge in [-0.05, 0) is 11.6 Å². The van der Waals surface area contributed by atoms with E-state index in [4.69, 9.17) is 4.74 Å². The van der Waals surface area contributed by atoms with Crippen LogP contribution in [0, 0.1) is 17.7 Å². The van der Waals surface area contributed by atoms with Crippen molar-refractivity contribution in [3.63, 3.8) is 0 Å². The molecule has 2 aromatic carbocycles. The molecule has 0 fully saturated rings. The quantitative estimate of drug-likeness (QED) is 0.769. The first-order valence-corrected chi connectivity index (χ1v) is 4.79. The van der Waals surface area contributed by atoms with E-state index in [1.54, 1.807) is 0 Å². The van der Waals surface area contributed by atoms with Crippen LogP contribution in [0.5, 0.6) is 5.75 Å². The minimum atomic E-state index is -0.740. The smallest absolute Gasteiger partial charge is 0.168 e. The summed E-state index contributed by atoms with van der Waals surface area (Å²) in [6, 6.07) is 13.6. The Morgan fingerprint density at radius 1 is 1.12 bits per heavy atom. The standard InChI is InChI=1S/C13H9F2O/c14-11-6-7-13(12(15)8-11)16-9-10-4-2-1-3-5-10/h1-6,8H,9H2. The van der Waals surface area contributed by atoms with Crippen LogP contribution in [0.2, 0.25) is 0 Å². The lowest BCUT2D eigenvalue weighted by molar-refractivity contribution is 0.288. The van der Waals surface area contributed by atoms with Crippen molar-refractivity contribution in [3.8, 4) is 5.75 Å². The molecule has 1 radical (unpaired) electrons. The van der Waals surface area contributed by atoms with E-state index in [2.05, 4.69) is 6.07 Å². The maximum Gasteiger partial charge on any atom is 0.168 e. The molecule has 0 aliphatic heterocycles. The molecule has 0 bridgehead atoms. The summed E-state index contributed by atoms with van der Waals surface area (Å²) in [5.41, 5.74) is 0.916. The van der Waals surface area contributed by atoms with Gasteiger partial charge in [-0.25, -0.2) is 8.78 Å². The second-order valence-corrected chi connectivity index (χ2v) is 3.27. The number of rotatable bonds is 3. The van der Waals surface area contributed by atoms with E-state index < -0.39 is 11.6 Å². The summed E-state index contributed by atoms with van der Waals surface area (Å²) >= 11 is 0. The van der Waals surface area contributed by atoms with Gasteiger partial charge in [0.1, 0.15) is 12.4 Å². The van der Waals surface area contributed by atoms with Crippen molar-refractivity contribution in [2.75, 3.05) is 0 Å². The summed E-state index contributed by atoms with van der Waals surface area (Å²) < 4.78 is 30.9. The van der Waals surface area contributed by atoms with Gasteiger partial charge in [0.05, 0.1) is 0 Å². The lowest BCUT2D eigenvalue weighted by Gasteiger charge is -2.06. The van der Waals surface area contributed by atoms with E-state index in [9.17, 15) is 8.78 Å². The number of hydrogen-bond acceptors (Lipinski definition) is 1. The van der Waals surface area contributed by atoms with Gasteiger partial charge >= 0.3 is 0 Å². The third kappa shape index (κ3) is 2.57. The van der Waals surface area contributed by atoms with Crippen LogP contribution in [0.15, 0.2) is 42.5 Å². The Labute approximate surface area is 92.3 Å². The van der Waals surface area contributed by atoms with Crippen LogP contribution in [-0.2, 0) is 6.61 Å². The molecule has 16 heavy (non-hydrogen) atoms. The molecular formula is C13H9F2O. The molecule has 0 spiro atoms. The molecule has 0 saturated carbocycles. The molecule has 0 amide bonds. The first-order chi connectivity index (χ1) is 7.75. The molecule has 0 aromatic heterocycles. The fourth-order valence-corrected chi connectivity index (χ4v) is 1.27. The Morgan fingerprint density at radius 2 is 1.88 bits per heavy atom. The summed E-state index contributed by atoms with van der Waals surface area (Å²) in [6.07, 6.45) is 0. The van der Waals surface area contributed by atoms with Gasteiger partial charge in [0, 0.05) is 12.1 Å². The van der Waals surface area contributed by atoms with Crippen LogP contribution in [0.1, 0.15) is 5.56 Å². The van der Waals surface area contributed by atoms with Crippen molar-refractivity contribution in [1.29, 1.82) is 0 Å². The monoisotopic (exact) mass is 219 g/mol. The van der Waals surface area contributed by atoms with Crippen molar-refractivity contribution in [2.24, 2.45) is 0 Å². The SMILES string of the molecule is Fc1c[c]c(OCc2ccccc2)c(F)c1. The van der Waals surface area contributed by atoms with Gasteiger partial charge in [-0.2, -0.15) is 0 Å². The van der Waals surface area contributed by atoms with Gasteiger partial charge < -0.3 is 4.74 Å². The van der Waals surface area contributed by atoms with Gasteiger partial charge in [0.15, 0.2) is 11.6 Å². The Morgan fingerprint density at radius 3 is 2.56 bits per heavy atom. The van der Waals surface area contributed by atoms with Gasteiger partial charge in [-0.15, -0.1) is 0 Å². The Kier molecular flexibility index (Phi) is 3.15. The van der Waals surface area contributed by atoms with Crippen LogP contribution in [0.3, 0.4) is 0 Å². The summed E-state index contributed by atoms with van der Waals surface area (Å²) in [5, 5.41) is 0. The van der Waals surface area contributed by atoms with Crippen molar-refractivity contribution in [1.82, 2.24) is 0 Å². The maximum absolute atomic E-state index is 13.2. The second-order valence-electron chi connectivity index (χ2n) is 3.27. The number of hydrogen-bond donors (Lipinski definition) is 0. The maximum atomic E-state index is 13.2. The highest BCUT2D eigenvalue weighted by molar-refractivity contribution is 5.24. The summed E-state index contributed by atoms with van der Waals surface area (Å²) in [5.74, 6) is -1.47. The topological polar surface area (TPSA) is 9.23 Å². The third-order valence-electron chi connectivity index (χ3n) is 2.05. The minimum Gasteiger partial charge on any atom is -0.485 e. The fourth-order valence-electron chi connectivity index (χ4n) is 1.27. The van der Waals surface area contributed by atoms with Gasteiger partial charge in [0.2, 0.25) is 0 Å². The van der Waals surface area contributed by atoms with E-state index in [0.29, 0.717) is 0 Å². The highest BCUT2D eigenvalue weighted by atomic mass is 19.1. The van der Waals surface area contributed by atoms with Crippen LogP contribution in [-0.4, -0.2) is 0 Å². The zero-order valence-electron chi connectivity index (χ0n) is 8.41. The largest absolute Gasteiger partial charge is 0.485 e. The first kappa shape index (κ1) is 10.6. The van der Waals surface area contributed by atoms with Crippen molar-refractivity contribution >= 4 is 0 Å². The molecular weight excluding hydrogens is 210 g/mol. The Hall–Kier alpha value is -1.90. The molecule has 0 unspecified atom stereocenters. The van der Waals surface area contributed by atoms with Gasteiger partial charge in [-0.3, -0.25) is 0 Å². The van der Waals surface area contributed by atoms with Crippen LogP contribution in [0.25, 0.3) is 0 Å². The Bertz CT molecular complexity index is 469. The van der Waals surface area contributed by atoms with Crippen LogP contribution >= 0.6 is 0 Å². The molecule has 0 aliphatic carbocycles. The molecule has 81 valence electrons. The molecule has 0 heterocycles. The minimum absolute atomic E-state index is 0.0646. The average molecular weight is 219 g/mol. The van der Waals surface area contributed by atoms with Gasteiger partial charge in [-0.1, -0.05) is 30.3 Å². The Balaban J connectivity index is 2.05. The summed E-state index contributed by atoms with van der Waals surface area (Å²) in [4.78, 5) is 0. The predicted molar refractivity (Wildman–Crippen MR) is 56.0 cm³/mol. The van der Waals surface area contributed by atoms with Crippen molar-refractivity contribution < 1.29 is 13.5 Å². The molecule has 0 atom stereocenters. The first-order valence-electron chi connectivity index (χ1n) is 4.79. The van der Waals surface area contributed by atoms with Crippen LogP contribution in [0.4, 0.5) is 8.78 Å². The van der Waals surface area contributed by atoms with E-state index in [1.165, 1.54) is 0 Å². The highest BCUT2D eigenvalue weighted by Crippen LogP contribution is 2.18. The highest BCUT2D eigenvalue weighted by Gasteiger charge is 2.05. The van der Waals surface area contributed by atoms with Crippen LogP contribution < -0.4 is 4.74 Å². The summed E-state index contributed by atoms with van der Waals surface area (Å²) in [7, 11) is 0. The third-order valence-corrected chi connectivity index (χ3v) is 2.05. The second kappa shape index (κ2) is 4.75. The molecule has 0 saturated heterocycles. The van der Waals surface area contributed by atoms with E-state index in [0.717, 1.165) is 17.7 Å². The lowest BCUT2D eigenvalue weighted by atomic mass is 10.2. The molecule has 0 N–H and O–H groups in total. The van der Waals surface area contributed by atoms with E-state index in [-0.39, 0.29) is 12.4 Å². The lowest BCUT2D eigenvalue weighted by Crippen LogP contribution is -1.97. The predicted octanol–water partition coefficient (Wildman–Crippen LogP) is 3.34. The number of ether oxygens (including phenoxy) is 1. The van der Waals surface area contributed by atoms with E-state index in [1.807, 2.05) is 30.3 Å². The average Bonchev–Trinajstić information content (AvgIpc) is 2.29. The number of halogens is 2. The fraction of sp³-hybridized carbons (Fsp3) is 0.0769. The molecule has 1 nitrogen and oxygen atoms in total. The zero-order valence-corrected chi connectivity index (χ0v) is 8.41. The van der Waals surface area contributed by atoms with E-state index >= 15 is 0 Å². The molecule has 0 aliphatic rings. The number of benzene rings is 2. The molecule has 2 rings (SSSR count). The normalized spacial score (nSPS) is 10.1. The van der Waals surface area contributed by atoms with Gasteiger partial charge in [0.25, 0.3) is 0 Å². The summed E-state index contributed by atoms with van der Waals surface area (Å²) in [6.45, 7) is 0.236. The molecule has 3 heteroatoms. The molecule has 2 aromatic rings. The zero-order chi connectivity index (χ0) is 11.4. The van der Waals surface area contributed by atoms with Crippen molar-refractivity contribution in [3.05, 3.63) is 65.7 Å².